The molecule has 0 aliphatic heterocycles. The summed E-state index contributed by atoms with van der Waals surface area (Å²) in [6, 6.07) is 13.6. The molecule has 21 heavy (non-hydrogen) atoms. The number of hydrogen-bond donors (Lipinski definition) is 1. The first kappa shape index (κ1) is 15.7. The molecule has 1 aromatic heterocycles. The lowest BCUT2D eigenvalue weighted by atomic mass is 9.98. The van der Waals surface area contributed by atoms with Gasteiger partial charge in [0.25, 0.3) is 0 Å². The van der Waals surface area contributed by atoms with Crippen LogP contribution in [0.25, 0.3) is 0 Å². The molecule has 112 valence electrons. The van der Waals surface area contributed by atoms with Gasteiger partial charge in [0, 0.05) is 17.9 Å². The maximum Gasteiger partial charge on any atom is 0.0376 e. The molecule has 2 heteroatoms. The third kappa shape index (κ3) is 4.68. The Morgan fingerprint density at radius 2 is 1.71 bits per heavy atom. The van der Waals surface area contributed by atoms with E-state index >= 15 is 0 Å². The maximum atomic E-state index is 4.44. The summed E-state index contributed by atoms with van der Waals surface area (Å²) in [5.41, 5.74) is 5.11. The van der Waals surface area contributed by atoms with Crippen LogP contribution in [0.3, 0.4) is 0 Å². The second-order valence-corrected chi connectivity index (χ2v) is 5.61. The average Bonchev–Trinajstić information content (AvgIpc) is 2.53. The van der Waals surface area contributed by atoms with Crippen LogP contribution >= 0.6 is 0 Å². The molecule has 1 atom stereocenters. The first-order valence-electron chi connectivity index (χ1n) is 7.96. The van der Waals surface area contributed by atoms with E-state index in [-0.39, 0.29) is 0 Å². The van der Waals surface area contributed by atoms with E-state index in [1.165, 1.54) is 16.7 Å². The van der Waals surface area contributed by atoms with E-state index in [2.05, 4.69) is 60.5 Å². The molecule has 1 aromatic carbocycles. The maximum absolute atomic E-state index is 4.44. The normalized spacial score (nSPS) is 12.3. The van der Waals surface area contributed by atoms with E-state index in [1.54, 1.807) is 0 Å². The summed E-state index contributed by atoms with van der Waals surface area (Å²) in [5, 5.41) is 3.64. The molecule has 1 heterocycles. The Morgan fingerprint density at radius 3 is 2.29 bits per heavy atom. The van der Waals surface area contributed by atoms with Gasteiger partial charge in [0.15, 0.2) is 0 Å². The zero-order valence-corrected chi connectivity index (χ0v) is 13.4. The first-order chi connectivity index (χ1) is 10.2. The summed E-state index contributed by atoms with van der Waals surface area (Å²) in [7, 11) is 0. The van der Waals surface area contributed by atoms with Crippen molar-refractivity contribution in [1.82, 2.24) is 10.3 Å². The molecular weight excluding hydrogens is 256 g/mol. The number of nitrogens with zero attached hydrogens (tertiary/aromatic N) is 1. The molecule has 2 nitrogen and oxygen atoms in total. The second-order valence-electron chi connectivity index (χ2n) is 5.61. The molecule has 2 rings (SSSR count). The Kier molecular flexibility index (Phi) is 5.94. The van der Waals surface area contributed by atoms with E-state index in [4.69, 9.17) is 0 Å². The van der Waals surface area contributed by atoms with Crippen molar-refractivity contribution >= 4 is 0 Å². The summed E-state index contributed by atoms with van der Waals surface area (Å²) in [5.74, 6) is 0. The summed E-state index contributed by atoms with van der Waals surface area (Å²) in [6.07, 6.45) is 5.25. The molecule has 0 saturated carbocycles. The smallest absolute Gasteiger partial charge is 0.0376 e. The zero-order chi connectivity index (χ0) is 15.1. The number of pyridine rings is 1. The predicted molar refractivity (Wildman–Crippen MR) is 89.5 cm³/mol. The van der Waals surface area contributed by atoms with Gasteiger partial charge in [-0.05, 0) is 55.5 Å². The van der Waals surface area contributed by atoms with E-state index in [9.17, 15) is 0 Å². The van der Waals surface area contributed by atoms with E-state index in [1.807, 2.05) is 13.1 Å². The van der Waals surface area contributed by atoms with Gasteiger partial charge in [0.1, 0.15) is 0 Å². The minimum atomic E-state index is 0.338. The number of hydrogen-bond acceptors (Lipinski definition) is 2. The van der Waals surface area contributed by atoms with Crippen LogP contribution in [-0.2, 0) is 12.8 Å². The summed E-state index contributed by atoms with van der Waals surface area (Å²) < 4.78 is 0. The van der Waals surface area contributed by atoms with Crippen molar-refractivity contribution in [3.05, 3.63) is 65.0 Å². The fraction of sp³-hybridized carbons (Fsp3) is 0.421. The quantitative estimate of drug-likeness (QED) is 0.821. The lowest BCUT2D eigenvalue weighted by Gasteiger charge is -2.19. The molecule has 0 radical (unpaired) electrons. The van der Waals surface area contributed by atoms with Gasteiger partial charge in [-0.2, -0.15) is 0 Å². The van der Waals surface area contributed by atoms with Crippen LogP contribution < -0.4 is 5.32 Å². The van der Waals surface area contributed by atoms with E-state index in [0.29, 0.717) is 6.04 Å². The first-order valence-corrected chi connectivity index (χ1v) is 7.96. The third-order valence-electron chi connectivity index (χ3n) is 3.85. The lowest BCUT2D eigenvalue weighted by molar-refractivity contribution is 0.527. The number of aryl methyl sites for hydroxylation is 2. The van der Waals surface area contributed by atoms with Gasteiger partial charge in [0.2, 0.25) is 0 Å². The van der Waals surface area contributed by atoms with Gasteiger partial charge in [0.05, 0.1) is 0 Å². The van der Waals surface area contributed by atoms with Crippen LogP contribution in [0.4, 0.5) is 0 Å². The molecule has 0 fully saturated rings. The van der Waals surface area contributed by atoms with Crippen LogP contribution in [0.2, 0.25) is 0 Å². The monoisotopic (exact) mass is 282 g/mol. The number of rotatable bonds is 7. The molecular formula is C19H26N2. The second kappa shape index (κ2) is 7.94. The molecule has 0 spiro atoms. The number of nitrogens with one attached hydrogen (secondary N) is 1. The topological polar surface area (TPSA) is 24.9 Å². The van der Waals surface area contributed by atoms with Crippen LogP contribution in [0, 0.1) is 6.92 Å². The molecule has 1 unspecified atom stereocenters. The molecule has 0 bridgehead atoms. The van der Waals surface area contributed by atoms with Gasteiger partial charge in [-0.3, -0.25) is 4.98 Å². The molecule has 0 aliphatic rings. The van der Waals surface area contributed by atoms with E-state index < -0.39 is 0 Å². The largest absolute Gasteiger partial charge is 0.310 e. The Balaban J connectivity index is 2.13. The minimum absolute atomic E-state index is 0.338. The van der Waals surface area contributed by atoms with Gasteiger partial charge in [-0.25, -0.2) is 0 Å². The zero-order valence-electron chi connectivity index (χ0n) is 13.4. The van der Waals surface area contributed by atoms with Crippen molar-refractivity contribution in [3.63, 3.8) is 0 Å². The lowest BCUT2D eigenvalue weighted by Crippen LogP contribution is -2.24. The van der Waals surface area contributed by atoms with Gasteiger partial charge in [-0.1, -0.05) is 44.2 Å². The SMILES string of the molecule is CCCNC(Cc1ccc(CC)cc1)c1ccc(C)nc1. The van der Waals surface area contributed by atoms with Crippen LogP contribution in [0.15, 0.2) is 42.6 Å². The number of aromatic nitrogens is 1. The van der Waals surface area contributed by atoms with Crippen LogP contribution in [-0.4, -0.2) is 11.5 Å². The van der Waals surface area contributed by atoms with Crippen molar-refractivity contribution in [2.24, 2.45) is 0 Å². The predicted octanol–water partition coefficient (Wildman–Crippen LogP) is 4.24. The summed E-state index contributed by atoms with van der Waals surface area (Å²) in [6.45, 7) is 7.46. The molecule has 2 aromatic rings. The Morgan fingerprint density at radius 1 is 1.00 bits per heavy atom. The van der Waals surface area contributed by atoms with Crippen molar-refractivity contribution < 1.29 is 0 Å². The van der Waals surface area contributed by atoms with Crippen molar-refractivity contribution in [2.75, 3.05) is 6.54 Å². The Bertz CT molecular complexity index is 528. The standard InChI is InChI=1S/C19H26N2/c1-4-12-20-19(18-11-6-15(3)21-14-18)13-17-9-7-16(5-2)8-10-17/h6-11,14,19-20H,4-5,12-13H2,1-3H3. The average molecular weight is 282 g/mol. The van der Waals surface area contributed by atoms with Gasteiger partial charge in [-0.15, -0.1) is 0 Å². The third-order valence-corrected chi connectivity index (χ3v) is 3.85. The fourth-order valence-electron chi connectivity index (χ4n) is 2.46. The van der Waals surface area contributed by atoms with Crippen LogP contribution in [0.5, 0.6) is 0 Å². The minimum Gasteiger partial charge on any atom is -0.310 e. The summed E-state index contributed by atoms with van der Waals surface area (Å²) >= 11 is 0. The molecule has 0 saturated heterocycles. The van der Waals surface area contributed by atoms with Crippen molar-refractivity contribution in [1.29, 1.82) is 0 Å². The Hall–Kier alpha value is -1.67. The Labute approximate surface area is 128 Å². The van der Waals surface area contributed by atoms with Crippen molar-refractivity contribution in [3.8, 4) is 0 Å². The fourth-order valence-corrected chi connectivity index (χ4v) is 2.46. The van der Waals surface area contributed by atoms with Crippen LogP contribution in [0.1, 0.15) is 48.7 Å². The highest BCUT2D eigenvalue weighted by Crippen LogP contribution is 2.19. The number of benzene rings is 1. The molecule has 0 amide bonds. The van der Waals surface area contributed by atoms with Gasteiger partial charge >= 0.3 is 0 Å². The highest BCUT2D eigenvalue weighted by Gasteiger charge is 2.11. The van der Waals surface area contributed by atoms with Crippen molar-refractivity contribution in [2.45, 2.75) is 46.1 Å². The highest BCUT2D eigenvalue weighted by molar-refractivity contribution is 5.26. The van der Waals surface area contributed by atoms with Gasteiger partial charge < -0.3 is 5.32 Å². The highest BCUT2D eigenvalue weighted by atomic mass is 14.9. The molecule has 1 N–H and O–H groups in total. The summed E-state index contributed by atoms with van der Waals surface area (Å²) in [4.78, 5) is 4.44. The molecule has 0 aliphatic carbocycles. The van der Waals surface area contributed by atoms with E-state index in [0.717, 1.165) is 31.5 Å².